The van der Waals surface area contributed by atoms with E-state index in [9.17, 15) is 4.79 Å². The van der Waals surface area contributed by atoms with Crippen LogP contribution in [0, 0.1) is 0 Å². The molecule has 5 nitrogen and oxygen atoms in total. The lowest BCUT2D eigenvalue weighted by atomic mass is 11.0. The summed E-state index contributed by atoms with van der Waals surface area (Å²) in [5.74, 6) is 0. The van der Waals surface area contributed by atoms with Crippen molar-refractivity contribution in [1.29, 1.82) is 0 Å². The summed E-state index contributed by atoms with van der Waals surface area (Å²) >= 11 is 0. The molecule has 2 N–H and O–H groups in total. The lowest BCUT2D eigenvalue weighted by molar-refractivity contribution is 0.195. The molecule has 0 saturated carbocycles. The predicted octanol–water partition coefficient (Wildman–Crippen LogP) is -0.241. The monoisotopic (exact) mass is 131 g/mol. The first-order valence-electron chi connectivity index (χ1n) is 2.31. The molecular formula is C4H9N3O2. The summed E-state index contributed by atoms with van der Waals surface area (Å²) in [5, 5.41) is 11.3. The topological polar surface area (TPSA) is 64.9 Å². The van der Waals surface area contributed by atoms with E-state index in [-0.39, 0.29) is 0 Å². The highest BCUT2D eigenvalue weighted by Gasteiger charge is 1.85. The molecule has 0 rings (SSSR count). The van der Waals surface area contributed by atoms with Crippen LogP contribution in [0.2, 0.25) is 0 Å². The standard InChI is InChI=1S/C4H9N3O2/c1-7(2)3-5-6-4(8)9/h3,6H,1-2H3,(H,8,9). The van der Waals surface area contributed by atoms with Crippen LogP contribution in [-0.4, -0.2) is 36.5 Å². The zero-order chi connectivity index (χ0) is 7.28. The highest BCUT2D eigenvalue weighted by Crippen LogP contribution is 1.64. The van der Waals surface area contributed by atoms with Gasteiger partial charge in [-0.1, -0.05) is 0 Å². The van der Waals surface area contributed by atoms with Gasteiger partial charge in [0.05, 0.1) is 0 Å². The van der Waals surface area contributed by atoms with Gasteiger partial charge in [-0.15, -0.1) is 0 Å². The molecule has 0 heterocycles. The Kier molecular flexibility index (Phi) is 3.19. The number of nitrogens with zero attached hydrogens (tertiary/aromatic N) is 2. The molecule has 0 spiro atoms. The Morgan fingerprint density at radius 3 is 2.67 bits per heavy atom. The molecule has 0 radical (unpaired) electrons. The fraction of sp³-hybridized carbons (Fsp3) is 0.500. The summed E-state index contributed by atoms with van der Waals surface area (Å²) in [6, 6.07) is 0. The first-order valence-corrected chi connectivity index (χ1v) is 2.31. The second-order valence-corrected chi connectivity index (χ2v) is 1.63. The number of hydrogen-bond acceptors (Lipinski definition) is 2. The molecule has 0 unspecified atom stereocenters. The minimum absolute atomic E-state index is 1.16. The van der Waals surface area contributed by atoms with Gasteiger partial charge in [0.15, 0.2) is 0 Å². The third kappa shape index (κ3) is 6.74. The molecule has 5 heteroatoms. The van der Waals surface area contributed by atoms with Crippen LogP contribution in [0.4, 0.5) is 4.79 Å². The average molecular weight is 131 g/mol. The second kappa shape index (κ2) is 3.71. The molecule has 0 saturated heterocycles. The van der Waals surface area contributed by atoms with E-state index in [4.69, 9.17) is 5.11 Å². The predicted molar refractivity (Wildman–Crippen MR) is 33.3 cm³/mol. The van der Waals surface area contributed by atoms with E-state index >= 15 is 0 Å². The van der Waals surface area contributed by atoms with Gasteiger partial charge in [0.1, 0.15) is 6.34 Å². The van der Waals surface area contributed by atoms with E-state index in [2.05, 4.69) is 5.10 Å². The number of nitrogens with one attached hydrogen (secondary N) is 1. The second-order valence-electron chi connectivity index (χ2n) is 1.63. The third-order valence-electron chi connectivity index (χ3n) is 0.449. The Balaban J connectivity index is 3.36. The number of hydrogen-bond donors (Lipinski definition) is 2. The van der Waals surface area contributed by atoms with Crippen LogP contribution in [0.25, 0.3) is 0 Å². The van der Waals surface area contributed by atoms with Gasteiger partial charge in [0.25, 0.3) is 0 Å². The van der Waals surface area contributed by atoms with E-state index in [1.165, 1.54) is 6.34 Å². The molecule has 0 aromatic carbocycles. The van der Waals surface area contributed by atoms with Gasteiger partial charge in [0.2, 0.25) is 0 Å². The molecule has 52 valence electrons. The van der Waals surface area contributed by atoms with Gasteiger partial charge in [-0.05, 0) is 0 Å². The molecule has 0 aliphatic heterocycles. The zero-order valence-electron chi connectivity index (χ0n) is 5.33. The maximum Gasteiger partial charge on any atom is 0.425 e. The van der Waals surface area contributed by atoms with Crippen LogP contribution >= 0.6 is 0 Å². The van der Waals surface area contributed by atoms with Crippen molar-refractivity contribution < 1.29 is 9.90 Å². The van der Waals surface area contributed by atoms with E-state index in [1.807, 2.05) is 5.43 Å². The van der Waals surface area contributed by atoms with Crippen molar-refractivity contribution in [2.24, 2.45) is 5.10 Å². The minimum Gasteiger partial charge on any atom is -0.464 e. The molecular weight excluding hydrogens is 122 g/mol. The Morgan fingerprint density at radius 2 is 2.33 bits per heavy atom. The van der Waals surface area contributed by atoms with Crippen molar-refractivity contribution in [3.05, 3.63) is 0 Å². The number of carboxylic acid groups (broad SMARTS) is 1. The Bertz CT molecular complexity index is 121. The minimum atomic E-state index is -1.16. The Morgan fingerprint density at radius 1 is 1.78 bits per heavy atom. The highest BCUT2D eigenvalue weighted by atomic mass is 16.4. The Labute approximate surface area is 53.0 Å². The molecule has 9 heavy (non-hydrogen) atoms. The molecule has 0 aliphatic rings. The third-order valence-corrected chi connectivity index (χ3v) is 0.449. The number of carbonyl (C=O) groups is 1. The van der Waals surface area contributed by atoms with Crippen molar-refractivity contribution in [3.8, 4) is 0 Å². The lowest BCUT2D eigenvalue weighted by Crippen LogP contribution is -2.17. The first kappa shape index (κ1) is 7.74. The molecule has 1 amide bonds. The quantitative estimate of drug-likeness (QED) is 0.309. The van der Waals surface area contributed by atoms with Crippen molar-refractivity contribution in [2.75, 3.05) is 14.1 Å². The summed E-state index contributed by atoms with van der Waals surface area (Å²) < 4.78 is 0. The van der Waals surface area contributed by atoms with Crippen molar-refractivity contribution in [3.63, 3.8) is 0 Å². The SMILES string of the molecule is CN(C)C=NNC(=O)O. The van der Waals surface area contributed by atoms with Gasteiger partial charge < -0.3 is 10.0 Å². The maximum absolute atomic E-state index is 9.74. The number of amides is 1. The molecule has 0 atom stereocenters. The molecule has 0 fully saturated rings. The van der Waals surface area contributed by atoms with Crippen molar-refractivity contribution in [2.45, 2.75) is 0 Å². The molecule has 0 aliphatic carbocycles. The molecule has 0 aromatic rings. The normalized spacial score (nSPS) is 9.56. The van der Waals surface area contributed by atoms with E-state index in [0.29, 0.717) is 0 Å². The Hall–Kier alpha value is -1.26. The fourth-order valence-electron chi connectivity index (χ4n) is 0.200. The summed E-state index contributed by atoms with van der Waals surface area (Å²) in [7, 11) is 3.49. The average Bonchev–Trinajstić information content (AvgIpc) is 1.63. The van der Waals surface area contributed by atoms with Crippen LogP contribution in [0.15, 0.2) is 5.10 Å². The fourth-order valence-corrected chi connectivity index (χ4v) is 0.200. The van der Waals surface area contributed by atoms with Crippen LogP contribution < -0.4 is 5.43 Å². The summed E-state index contributed by atoms with van der Waals surface area (Å²) in [4.78, 5) is 11.4. The smallest absolute Gasteiger partial charge is 0.425 e. The zero-order valence-corrected chi connectivity index (χ0v) is 5.33. The van der Waals surface area contributed by atoms with Crippen LogP contribution in [-0.2, 0) is 0 Å². The van der Waals surface area contributed by atoms with E-state index in [0.717, 1.165) is 0 Å². The van der Waals surface area contributed by atoms with Crippen molar-refractivity contribution >= 4 is 12.4 Å². The van der Waals surface area contributed by atoms with Crippen LogP contribution in [0.1, 0.15) is 0 Å². The number of hydrazone groups is 1. The van der Waals surface area contributed by atoms with Gasteiger partial charge in [-0.2, -0.15) is 5.10 Å². The van der Waals surface area contributed by atoms with Crippen LogP contribution in [0.5, 0.6) is 0 Å². The maximum atomic E-state index is 9.74. The van der Waals surface area contributed by atoms with Gasteiger partial charge in [0, 0.05) is 14.1 Å². The summed E-state index contributed by atoms with van der Waals surface area (Å²) in [6.45, 7) is 0. The molecule has 0 aromatic heterocycles. The van der Waals surface area contributed by atoms with E-state index < -0.39 is 6.09 Å². The van der Waals surface area contributed by atoms with Crippen molar-refractivity contribution in [1.82, 2.24) is 10.3 Å². The lowest BCUT2D eigenvalue weighted by Gasteiger charge is -2.00. The van der Waals surface area contributed by atoms with Crippen LogP contribution in [0.3, 0.4) is 0 Å². The largest absolute Gasteiger partial charge is 0.464 e. The molecule has 0 bridgehead atoms. The van der Waals surface area contributed by atoms with E-state index in [1.54, 1.807) is 19.0 Å². The van der Waals surface area contributed by atoms with Gasteiger partial charge in [-0.25, -0.2) is 10.2 Å². The highest BCUT2D eigenvalue weighted by molar-refractivity contribution is 5.66. The van der Waals surface area contributed by atoms with Gasteiger partial charge in [-0.3, -0.25) is 0 Å². The summed E-state index contributed by atoms with van der Waals surface area (Å²) in [5.41, 5.74) is 1.82. The number of rotatable bonds is 2. The first-order chi connectivity index (χ1) is 4.13. The van der Waals surface area contributed by atoms with Gasteiger partial charge >= 0.3 is 6.09 Å². The summed E-state index contributed by atoms with van der Waals surface area (Å²) in [6.07, 6.45) is 0.196.